The van der Waals surface area contributed by atoms with Gasteiger partial charge < -0.3 is 19.1 Å². The SMILES string of the molecule is O=C(O)c1ccc2nc(CN3CCC(Oc4ccnc(Cc5ccc(Cl)cc5)n4)CC3)n(C[C@@H]3CCO3)c2n1. The number of aromatic nitrogens is 5. The van der Waals surface area contributed by atoms with Crippen LogP contribution in [-0.4, -0.2) is 72.4 Å². The molecule has 2 saturated heterocycles. The van der Waals surface area contributed by atoms with Crippen LogP contribution in [0.1, 0.15) is 47.0 Å². The fourth-order valence-corrected chi connectivity index (χ4v) is 5.11. The summed E-state index contributed by atoms with van der Waals surface area (Å²) in [4.78, 5) is 32.0. The molecule has 1 atom stereocenters. The van der Waals surface area contributed by atoms with Gasteiger partial charge in [-0.1, -0.05) is 23.7 Å². The Morgan fingerprint density at radius 2 is 1.85 bits per heavy atom. The standard InChI is InChI=1S/C28H29ClN6O4/c29-19-3-1-18(2-4-19)15-24-30-11-7-26(33-24)39-20-8-12-34(13-9-20)17-25-31-22-5-6-23(28(36)37)32-27(22)35(25)16-21-10-14-38-21/h1-7,11,20-21H,8-10,12-17H2,(H,36,37)/t21-/m0/s1. The van der Waals surface area contributed by atoms with E-state index in [1.807, 2.05) is 28.8 Å². The van der Waals surface area contributed by atoms with Crippen LogP contribution in [0.2, 0.25) is 5.02 Å². The minimum Gasteiger partial charge on any atom is -0.477 e. The summed E-state index contributed by atoms with van der Waals surface area (Å²) in [5, 5.41) is 10.1. The Labute approximate surface area is 230 Å². The van der Waals surface area contributed by atoms with Crippen molar-refractivity contribution in [3.05, 3.63) is 76.6 Å². The van der Waals surface area contributed by atoms with Gasteiger partial charge in [-0.25, -0.2) is 19.7 Å². The van der Waals surface area contributed by atoms with Crippen molar-refractivity contribution >= 4 is 28.7 Å². The number of hydrogen-bond acceptors (Lipinski definition) is 8. The fraction of sp³-hybridized carbons (Fsp3) is 0.393. The summed E-state index contributed by atoms with van der Waals surface area (Å²) in [6, 6.07) is 12.7. The second-order valence-electron chi connectivity index (χ2n) is 9.97. The quantitative estimate of drug-likeness (QED) is 0.331. The minimum absolute atomic E-state index is 0.0173. The second kappa shape index (κ2) is 11.3. The van der Waals surface area contributed by atoms with E-state index >= 15 is 0 Å². The highest BCUT2D eigenvalue weighted by atomic mass is 35.5. The molecule has 10 nitrogen and oxygen atoms in total. The molecule has 5 heterocycles. The number of halogens is 1. The number of imidazole rings is 1. The number of hydrogen-bond donors (Lipinski definition) is 1. The van der Waals surface area contributed by atoms with Crippen molar-refractivity contribution in [2.45, 2.75) is 51.0 Å². The van der Waals surface area contributed by atoms with E-state index in [9.17, 15) is 9.90 Å². The molecule has 2 aliphatic heterocycles. The number of carboxylic acid groups (broad SMARTS) is 1. The Hall–Kier alpha value is -3.60. The Morgan fingerprint density at radius 1 is 1.05 bits per heavy atom. The zero-order valence-corrected chi connectivity index (χ0v) is 22.1. The van der Waals surface area contributed by atoms with E-state index in [4.69, 9.17) is 26.1 Å². The van der Waals surface area contributed by atoms with Gasteiger partial charge in [0, 0.05) is 43.4 Å². The summed E-state index contributed by atoms with van der Waals surface area (Å²) in [6.45, 7) is 3.72. The average molecular weight is 549 g/mol. The molecular formula is C28H29ClN6O4. The number of aromatic carboxylic acids is 1. The lowest BCUT2D eigenvalue weighted by Gasteiger charge is -2.32. The van der Waals surface area contributed by atoms with Crippen molar-refractivity contribution in [2.24, 2.45) is 0 Å². The first-order valence-electron chi connectivity index (χ1n) is 13.2. The first-order valence-corrected chi connectivity index (χ1v) is 13.5. The molecule has 0 unspecified atom stereocenters. The number of carbonyl (C=O) groups is 1. The maximum absolute atomic E-state index is 11.5. The third kappa shape index (κ3) is 6.03. The van der Waals surface area contributed by atoms with Crippen molar-refractivity contribution in [2.75, 3.05) is 19.7 Å². The number of fused-ring (bicyclic) bond motifs is 1. The maximum Gasteiger partial charge on any atom is 0.354 e. The number of likely N-dealkylation sites (tertiary alicyclic amines) is 1. The van der Waals surface area contributed by atoms with Gasteiger partial charge in [0.15, 0.2) is 11.3 Å². The number of rotatable bonds is 9. The minimum atomic E-state index is -1.05. The summed E-state index contributed by atoms with van der Waals surface area (Å²) < 4.78 is 13.9. The predicted molar refractivity (Wildman–Crippen MR) is 144 cm³/mol. The van der Waals surface area contributed by atoms with Gasteiger partial charge in [0.25, 0.3) is 0 Å². The monoisotopic (exact) mass is 548 g/mol. The van der Waals surface area contributed by atoms with Crippen LogP contribution < -0.4 is 4.74 Å². The third-order valence-electron chi connectivity index (χ3n) is 7.21. The zero-order valence-electron chi connectivity index (χ0n) is 21.4. The van der Waals surface area contributed by atoms with Gasteiger partial charge in [0.1, 0.15) is 23.3 Å². The van der Waals surface area contributed by atoms with Crippen molar-refractivity contribution in [3.8, 4) is 5.88 Å². The fourth-order valence-electron chi connectivity index (χ4n) is 4.98. The number of piperidine rings is 1. The van der Waals surface area contributed by atoms with Crippen LogP contribution in [0.5, 0.6) is 5.88 Å². The van der Waals surface area contributed by atoms with Gasteiger partial charge in [0.05, 0.1) is 19.2 Å². The van der Waals surface area contributed by atoms with Gasteiger partial charge in [-0.2, -0.15) is 4.98 Å². The van der Waals surface area contributed by atoms with E-state index in [2.05, 4.69) is 19.9 Å². The van der Waals surface area contributed by atoms with Crippen LogP contribution in [0, 0.1) is 0 Å². The first-order chi connectivity index (χ1) is 19.0. The number of ether oxygens (including phenoxy) is 2. The lowest BCUT2D eigenvalue weighted by Crippen LogP contribution is -2.39. The third-order valence-corrected chi connectivity index (χ3v) is 7.46. The summed E-state index contributed by atoms with van der Waals surface area (Å²) in [5.74, 6) is 1.13. The van der Waals surface area contributed by atoms with Crippen molar-refractivity contribution in [3.63, 3.8) is 0 Å². The number of benzene rings is 1. The lowest BCUT2D eigenvalue weighted by atomic mass is 10.1. The highest BCUT2D eigenvalue weighted by molar-refractivity contribution is 6.30. The zero-order chi connectivity index (χ0) is 26.8. The molecule has 2 aliphatic rings. The molecule has 3 aromatic heterocycles. The molecule has 0 spiro atoms. The van der Waals surface area contributed by atoms with Crippen LogP contribution >= 0.6 is 11.6 Å². The number of nitrogens with zero attached hydrogens (tertiary/aromatic N) is 6. The molecule has 1 aromatic carbocycles. The van der Waals surface area contributed by atoms with Gasteiger partial charge in [0.2, 0.25) is 5.88 Å². The second-order valence-corrected chi connectivity index (χ2v) is 10.4. The molecule has 0 amide bonds. The molecule has 2 fully saturated rings. The van der Waals surface area contributed by atoms with Gasteiger partial charge in [-0.15, -0.1) is 0 Å². The van der Waals surface area contributed by atoms with Crippen LogP contribution in [0.25, 0.3) is 11.2 Å². The predicted octanol–water partition coefficient (Wildman–Crippen LogP) is 4.00. The molecule has 0 bridgehead atoms. The normalized spacial score (nSPS) is 18.2. The summed E-state index contributed by atoms with van der Waals surface area (Å²) in [5.41, 5.74) is 2.40. The Morgan fingerprint density at radius 3 is 2.56 bits per heavy atom. The largest absolute Gasteiger partial charge is 0.477 e. The van der Waals surface area contributed by atoms with Gasteiger partial charge in [-0.3, -0.25) is 4.90 Å². The first kappa shape index (κ1) is 25.7. The average Bonchev–Trinajstić information content (AvgIpc) is 3.25. The highest BCUT2D eigenvalue weighted by Crippen LogP contribution is 2.24. The molecule has 11 heteroatoms. The smallest absolute Gasteiger partial charge is 0.354 e. The molecule has 39 heavy (non-hydrogen) atoms. The van der Waals surface area contributed by atoms with Crippen LogP contribution in [0.15, 0.2) is 48.7 Å². The lowest BCUT2D eigenvalue weighted by molar-refractivity contribution is -0.0593. The molecule has 1 N–H and O–H groups in total. The molecule has 0 saturated carbocycles. The van der Waals surface area contributed by atoms with E-state index in [-0.39, 0.29) is 17.9 Å². The number of carboxylic acids is 1. The molecular weight excluding hydrogens is 520 g/mol. The molecule has 6 rings (SSSR count). The van der Waals surface area contributed by atoms with Crippen LogP contribution in [0.4, 0.5) is 0 Å². The van der Waals surface area contributed by atoms with Gasteiger partial charge >= 0.3 is 5.97 Å². The van der Waals surface area contributed by atoms with Crippen LogP contribution in [-0.2, 0) is 24.2 Å². The van der Waals surface area contributed by atoms with Crippen LogP contribution in [0.3, 0.4) is 0 Å². The molecule has 0 radical (unpaired) electrons. The Balaban J connectivity index is 1.09. The van der Waals surface area contributed by atoms with Crippen molar-refractivity contribution in [1.29, 1.82) is 0 Å². The molecule has 0 aliphatic carbocycles. The summed E-state index contributed by atoms with van der Waals surface area (Å²) in [7, 11) is 0. The van der Waals surface area contributed by atoms with E-state index in [0.717, 1.165) is 50.3 Å². The van der Waals surface area contributed by atoms with E-state index < -0.39 is 5.97 Å². The molecule has 202 valence electrons. The maximum atomic E-state index is 11.5. The topological polar surface area (TPSA) is 115 Å². The van der Waals surface area contributed by atoms with E-state index in [1.54, 1.807) is 18.3 Å². The van der Waals surface area contributed by atoms with E-state index in [1.165, 1.54) is 6.07 Å². The Bertz CT molecular complexity index is 1460. The summed E-state index contributed by atoms with van der Waals surface area (Å²) >= 11 is 5.99. The summed E-state index contributed by atoms with van der Waals surface area (Å²) in [6.07, 6.45) is 5.24. The number of pyridine rings is 1. The Kier molecular flexibility index (Phi) is 7.40. The van der Waals surface area contributed by atoms with Crippen molar-refractivity contribution in [1.82, 2.24) is 29.4 Å². The van der Waals surface area contributed by atoms with Gasteiger partial charge in [-0.05, 0) is 49.1 Å². The van der Waals surface area contributed by atoms with E-state index in [0.29, 0.717) is 47.4 Å². The highest BCUT2D eigenvalue weighted by Gasteiger charge is 2.26. The van der Waals surface area contributed by atoms with Crippen molar-refractivity contribution < 1.29 is 19.4 Å². The molecule has 4 aromatic rings.